The van der Waals surface area contributed by atoms with Gasteiger partial charge in [0.15, 0.2) is 11.6 Å². The van der Waals surface area contributed by atoms with Crippen LogP contribution in [-0.2, 0) is 4.74 Å². The third-order valence-corrected chi connectivity index (χ3v) is 7.43. The van der Waals surface area contributed by atoms with Crippen LogP contribution >= 0.6 is 0 Å². The van der Waals surface area contributed by atoms with Crippen molar-refractivity contribution in [2.75, 3.05) is 36.5 Å². The lowest BCUT2D eigenvalue weighted by atomic mass is 9.93. The molecule has 2 fully saturated rings. The third-order valence-electron chi connectivity index (χ3n) is 7.43. The first kappa shape index (κ1) is 25.2. The van der Waals surface area contributed by atoms with Gasteiger partial charge in [-0.15, -0.1) is 0 Å². The van der Waals surface area contributed by atoms with E-state index in [-0.39, 0.29) is 17.2 Å². The minimum atomic E-state index is -0.962. The van der Waals surface area contributed by atoms with Crippen LogP contribution in [0, 0.1) is 17.0 Å². The molecule has 2 aromatic heterocycles. The molecule has 2 aliphatic heterocycles. The maximum Gasteiger partial charge on any atom is 0.276 e. The quantitative estimate of drug-likeness (QED) is 0.410. The first-order valence-electron chi connectivity index (χ1n) is 12.9. The second-order valence-corrected chi connectivity index (χ2v) is 10.8. The highest BCUT2D eigenvalue weighted by Crippen LogP contribution is 2.41. The van der Waals surface area contributed by atoms with Gasteiger partial charge in [-0.05, 0) is 48.6 Å². The van der Waals surface area contributed by atoms with E-state index in [0.717, 1.165) is 60.7 Å². The highest BCUT2D eigenvalue weighted by Gasteiger charge is 2.33. The van der Waals surface area contributed by atoms with E-state index in [0.29, 0.717) is 23.6 Å². The molecule has 0 saturated carbocycles. The normalized spacial score (nSPS) is 18.7. The first-order chi connectivity index (χ1) is 18.7. The van der Waals surface area contributed by atoms with Gasteiger partial charge < -0.3 is 15.0 Å². The van der Waals surface area contributed by atoms with Gasteiger partial charge in [-0.3, -0.25) is 14.3 Å². The Morgan fingerprint density at radius 3 is 2.59 bits per heavy atom. The molecule has 1 N–H and O–H groups in total. The molecule has 0 bridgehead atoms. The molecule has 2 saturated heterocycles. The molecule has 11 heteroatoms. The van der Waals surface area contributed by atoms with Gasteiger partial charge in [0.05, 0.1) is 35.7 Å². The van der Waals surface area contributed by atoms with E-state index < -0.39 is 28.8 Å². The van der Waals surface area contributed by atoms with Crippen LogP contribution < -0.4 is 15.8 Å². The van der Waals surface area contributed by atoms with Crippen molar-refractivity contribution >= 4 is 28.2 Å². The summed E-state index contributed by atoms with van der Waals surface area (Å²) in [7, 11) is 0. The average Bonchev–Trinajstić information content (AvgIpc) is 3.64. The predicted octanol–water partition coefficient (Wildman–Crippen LogP) is 4.31. The highest BCUT2D eigenvalue weighted by atomic mass is 19.1. The van der Waals surface area contributed by atoms with E-state index in [1.807, 2.05) is 23.0 Å². The molecular weight excluding hydrogens is 506 g/mol. The zero-order chi connectivity index (χ0) is 27.3. The van der Waals surface area contributed by atoms with Gasteiger partial charge in [0.2, 0.25) is 0 Å². The van der Waals surface area contributed by atoms with Gasteiger partial charge in [0, 0.05) is 31.1 Å². The number of anilines is 2. The Labute approximate surface area is 223 Å². The van der Waals surface area contributed by atoms with Crippen molar-refractivity contribution in [2.24, 2.45) is 5.41 Å². The Balaban J connectivity index is 1.40. The van der Waals surface area contributed by atoms with Crippen molar-refractivity contribution in [1.29, 1.82) is 0 Å². The number of carbonyl (C=O) groups excluding carboxylic acids is 1. The third kappa shape index (κ3) is 4.56. The summed E-state index contributed by atoms with van der Waals surface area (Å²) in [5, 5.41) is 12.5. The average molecular weight is 535 g/mol. The Morgan fingerprint density at radius 2 is 1.90 bits per heavy atom. The summed E-state index contributed by atoms with van der Waals surface area (Å²) in [6, 6.07) is 9.44. The lowest BCUT2D eigenvalue weighted by molar-refractivity contribution is 0.102. The largest absolute Gasteiger partial charge is 0.379 e. The minimum Gasteiger partial charge on any atom is -0.379 e. The molecule has 2 aromatic carbocycles. The summed E-state index contributed by atoms with van der Waals surface area (Å²) < 4.78 is 36.9. The molecule has 4 heterocycles. The fourth-order valence-electron chi connectivity index (χ4n) is 5.43. The summed E-state index contributed by atoms with van der Waals surface area (Å²) in [5.41, 5.74) is 0.893. The fraction of sp³-hybridized carbons (Fsp3) is 0.357. The van der Waals surface area contributed by atoms with Crippen LogP contribution in [0.3, 0.4) is 0 Å². The number of ether oxygens (including phenoxy) is 1. The first-order valence-corrected chi connectivity index (χ1v) is 12.9. The van der Waals surface area contributed by atoms with Crippen molar-refractivity contribution in [3.8, 4) is 5.69 Å². The number of nitrogens with one attached hydrogen (secondary N) is 1. The Bertz CT molecular complexity index is 1620. The zero-order valence-corrected chi connectivity index (χ0v) is 21.7. The lowest BCUT2D eigenvalue weighted by Gasteiger charge is -2.25. The van der Waals surface area contributed by atoms with E-state index in [9.17, 15) is 18.4 Å². The van der Waals surface area contributed by atoms with Gasteiger partial charge in [0.25, 0.3) is 11.5 Å². The van der Waals surface area contributed by atoms with Crippen molar-refractivity contribution < 1.29 is 18.3 Å². The van der Waals surface area contributed by atoms with Crippen molar-refractivity contribution in [2.45, 2.75) is 32.7 Å². The number of halogens is 2. The van der Waals surface area contributed by atoms with Crippen LogP contribution in [-0.4, -0.2) is 51.8 Å². The monoisotopic (exact) mass is 534 g/mol. The second kappa shape index (κ2) is 9.57. The molecule has 4 aromatic rings. The number of para-hydroxylation sites is 1. The van der Waals surface area contributed by atoms with Crippen LogP contribution in [0.5, 0.6) is 0 Å². The van der Waals surface area contributed by atoms with Gasteiger partial charge in [-0.2, -0.15) is 14.9 Å². The topological polar surface area (TPSA) is 94.3 Å². The molecule has 0 spiro atoms. The molecular formula is C28H28F2N6O3. The second-order valence-electron chi connectivity index (χ2n) is 10.8. The smallest absolute Gasteiger partial charge is 0.276 e. The van der Waals surface area contributed by atoms with Crippen molar-refractivity contribution in [3.05, 3.63) is 76.3 Å². The maximum absolute atomic E-state index is 14.4. The summed E-state index contributed by atoms with van der Waals surface area (Å²) in [4.78, 5) is 28.1. The predicted molar refractivity (Wildman–Crippen MR) is 143 cm³/mol. The zero-order valence-electron chi connectivity index (χ0n) is 21.7. The SMILES string of the molecule is CC1(C)CCN(c2c(NC(=O)c3ccc(=O)n(-c4c(F)cccc4F)n3)ccc3c2cnn3[C@H]2CCOC2)C1. The number of hydrogen-bond acceptors (Lipinski definition) is 6. The Morgan fingerprint density at radius 1 is 1.10 bits per heavy atom. The number of nitrogens with zero attached hydrogens (tertiary/aromatic N) is 5. The van der Waals surface area contributed by atoms with E-state index in [1.165, 1.54) is 12.1 Å². The summed E-state index contributed by atoms with van der Waals surface area (Å²) >= 11 is 0. The number of fused-ring (bicyclic) bond motifs is 1. The number of benzene rings is 2. The van der Waals surface area contributed by atoms with Crippen LogP contribution in [0.4, 0.5) is 20.2 Å². The molecule has 2 aliphatic rings. The Hall–Kier alpha value is -4.12. The van der Waals surface area contributed by atoms with Crippen LogP contribution in [0.1, 0.15) is 43.2 Å². The molecule has 1 amide bonds. The number of aromatic nitrogens is 4. The highest BCUT2D eigenvalue weighted by molar-refractivity contribution is 6.09. The summed E-state index contributed by atoms with van der Waals surface area (Å²) in [5.74, 6) is -2.54. The van der Waals surface area contributed by atoms with Crippen LogP contribution in [0.15, 0.2) is 53.5 Å². The number of amides is 1. The number of carbonyl (C=O) groups is 1. The van der Waals surface area contributed by atoms with Gasteiger partial charge >= 0.3 is 0 Å². The molecule has 202 valence electrons. The molecule has 39 heavy (non-hydrogen) atoms. The molecule has 9 nitrogen and oxygen atoms in total. The van der Waals surface area contributed by atoms with E-state index in [2.05, 4.69) is 34.3 Å². The molecule has 6 rings (SSSR count). The van der Waals surface area contributed by atoms with E-state index in [4.69, 9.17) is 4.74 Å². The van der Waals surface area contributed by atoms with Gasteiger partial charge in [-0.25, -0.2) is 8.78 Å². The van der Waals surface area contributed by atoms with E-state index >= 15 is 0 Å². The summed E-state index contributed by atoms with van der Waals surface area (Å²) in [6.45, 7) is 7.31. The van der Waals surface area contributed by atoms with Crippen LogP contribution in [0.2, 0.25) is 0 Å². The van der Waals surface area contributed by atoms with Gasteiger partial charge in [-0.1, -0.05) is 19.9 Å². The molecule has 0 unspecified atom stereocenters. The standard InChI is InChI=1S/C28H28F2N6O3/c1-28(2)11-12-34(16-28)25-18-14-31-35(17-10-13-39-15-17)23(18)8-6-21(25)32-27(38)22-7-9-24(37)36(33-22)26-19(29)4-3-5-20(26)30/h3-9,14,17H,10-13,15-16H2,1-2H3,(H,32,38)/t17-/m0/s1. The minimum absolute atomic E-state index is 0.0968. The van der Waals surface area contributed by atoms with E-state index in [1.54, 1.807) is 0 Å². The number of hydrogen-bond donors (Lipinski definition) is 1. The van der Waals surface area contributed by atoms with Gasteiger partial charge in [0.1, 0.15) is 11.4 Å². The molecule has 0 aliphatic carbocycles. The van der Waals surface area contributed by atoms with Crippen LogP contribution in [0.25, 0.3) is 16.6 Å². The molecule has 1 atom stereocenters. The lowest BCUT2D eigenvalue weighted by Crippen LogP contribution is -2.27. The fourth-order valence-corrected chi connectivity index (χ4v) is 5.43. The maximum atomic E-state index is 14.4. The Kier molecular flexibility index (Phi) is 6.17. The van der Waals surface area contributed by atoms with Crippen molar-refractivity contribution in [1.82, 2.24) is 19.6 Å². The number of rotatable bonds is 5. The summed E-state index contributed by atoms with van der Waals surface area (Å²) in [6.07, 6.45) is 3.69. The van der Waals surface area contributed by atoms with Crippen molar-refractivity contribution in [3.63, 3.8) is 0 Å². The molecule has 0 radical (unpaired) electrons.